The molecule has 0 spiro atoms. The van der Waals surface area contributed by atoms with Gasteiger partial charge in [-0.05, 0) is 27.7 Å². The van der Waals surface area contributed by atoms with E-state index >= 15 is 0 Å². The van der Waals surface area contributed by atoms with E-state index in [4.69, 9.17) is 0 Å². The summed E-state index contributed by atoms with van der Waals surface area (Å²) in [5.74, 6) is 0. The fourth-order valence-electron chi connectivity index (χ4n) is 4.42. The highest BCUT2D eigenvalue weighted by atomic mass is 32.2. The van der Waals surface area contributed by atoms with Crippen molar-refractivity contribution in [2.45, 2.75) is 50.7 Å². The zero-order valence-corrected chi connectivity index (χ0v) is 21.7. The van der Waals surface area contributed by atoms with Gasteiger partial charge in [-0.1, -0.05) is 63.2 Å². The molecule has 1 fully saturated rings. The van der Waals surface area contributed by atoms with Gasteiger partial charge in [-0.25, -0.2) is 8.42 Å². The van der Waals surface area contributed by atoms with Crippen LogP contribution in [-0.4, -0.2) is 67.5 Å². The first-order valence-corrected chi connectivity index (χ1v) is 13.4. The van der Waals surface area contributed by atoms with Gasteiger partial charge in [0.15, 0.2) is 0 Å². The van der Waals surface area contributed by atoms with Crippen molar-refractivity contribution in [2.75, 3.05) is 32.4 Å². The summed E-state index contributed by atoms with van der Waals surface area (Å²) in [6.45, 7) is 8.28. The van der Waals surface area contributed by atoms with Gasteiger partial charge in [0.25, 0.3) is 5.60 Å². The van der Waals surface area contributed by atoms with Crippen LogP contribution in [0.1, 0.15) is 37.5 Å². The van der Waals surface area contributed by atoms with Crippen molar-refractivity contribution < 1.29 is 39.9 Å². The summed E-state index contributed by atoms with van der Waals surface area (Å²) in [6.07, 6.45) is -10.7. The molecule has 5 nitrogen and oxygen atoms in total. The van der Waals surface area contributed by atoms with Gasteiger partial charge < -0.3 is 5.11 Å². The molecule has 1 heterocycles. The molecule has 0 aromatic heterocycles. The van der Waals surface area contributed by atoms with E-state index in [2.05, 4.69) is 4.90 Å². The second-order valence-corrected chi connectivity index (χ2v) is 12.3. The Morgan fingerprint density at radius 1 is 0.838 bits per heavy atom. The highest BCUT2D eigenvalue weighted by Crippen LogP contribution is 2.50. The standard InChI is InChI=1S/C25H30F6N2O3S/c1-22(2,3)21-15-17(16-32-11-13-33(14-12-32)37(4,35)36)5-10-20(21)18-6-8-19(9-7-18)23(34,24(26,27)28)25(29,30)31/h5-10,15,34H,11-14,16H2,1-4H3. The summed E-state index contributed by atoms with van der Waals surface area (Å²) in [4.78, 5) is 2.12. The molecule has 1 aliphatic heterocycles. The van der Waals surface area contributed by atoms with Crippen LogP contribution in [-0.2, 0) is 27.6 Å². The fraction of sp³-hybridized carbons (Fsp3) is 0.520. The van der Waals surface area contributed by atoms with E-state index < -0.39 is 39.0 Å². The zero-order chi connectivity index (χ0) is 28.0. The number of halogens is 6. The Morgan fingerprint density at radius 2 is 1.35 bits per heavy atom. The molecule has 0 atom stereocenters. The van der Waals surface area contributed by atoms with Crippen molar-refractivity contribution in [2.24, 2.45) is 0 Å². The SMILES string of the molecule is CC(C)(C)c1cc(CN2CCN(S(C)(=O)=O)CC2)ccc1-c1ccc(C(O)(C(F)(F)F)C(F)(F)F)cc1. The molecule has 0 bridgehead atoms. The second kappa shape index (κ2) is 9.87. The van der Waals surface area contributed by atoms with Gasteiger partial charge in [-0.2, -0.15) is 30.6 Å². The molecule has 37 heavy (non-hydrogen) atoms. The van der Waals surface area contributed by atoms with Gasteiger partial charge in [0.2, 0.25) is 10.0 Å². The van der Waals surface area contributed by atoms with Crippen LogP contribution in [0.2, 0.25) is 0 Å². The van der Waals surface area contributed by atoms with Crippen molar-refractivity contribution in [1.29, 1.82) is 0 Å². The van der Waals surface area contributed by atoms with Gasteiger partial charge in [-0.15, -0.1) is 0 Å². The average Bonchev–Trinajstić information content (AvgIpc) is 2.76. The lowest BCUT2D eigenvalue weighted by molar-refractivity contribution is -0.376. The molecule has 2 aromatic rings. The van der Waals surface area contributed by atoms with Crippen LogP contribution < -0.4 is 0 Å². The van der Waals surface area contributed by atoms with E-state index in [0.717, 1.165) is 23.3 Å². The maximum atomic E-state index is 13.2. The van der Waals surface area contributed by atoms with Gasteiger partial charge in [0.1, 0.15) is 0 Å². The van der Waals surface area contributed by atoms with E-state index in [1.807, 2.05) is 32.9 Å². The van der Waals surface area contributed by atoms with Crippen molar-refractivity contribution in [3.05, 3.63) is 59.2 Å². The lowest BCUT2D eigenvalue weighted by atomic mass is 9.80. The summed E-state index contributed by atoms with van der Waals surface area (Å²) >= 11 is 0. The van der Waals surface area contributed by atoms with Crippen LogP contribution >= 0.6 is 0 Å². The Bertz CT molecular complexity index is 1200. The molecule has 1 saturated heterocycles. The Hall–Kier alpha value is -2.15. The van der Waals surface area contributed by atoms with Crippen molar-refractivity contribution in [3.8, 4) is 11.1 Å². The van der Waals surface area contributed by atoms with Crippen LogP contribution in [0.3, 0.4) is 0 Å². The molecule has 0 aliphatic carbocycles. The molecule has 3 rings (SSSR count). The number of hydrogen-bond donors (Lipinski definition) is 1. The molecule has 0 amide bonds. The maximum absolute atomic E-state index is 13.2. The highest BCUT2D eigenvalue weighted by Gasteiger charge is 2.71. The van der Waals surface area contributed by atoms with Crippen LogP contribution in [0.25, 0.3) is 11.1 Å². The van der Waals surface area contributed by atoms with Crippen LogP contribution in [0.4, 0.5) is 26.3 Å². The minimum Gasteiger partial charge on any atom is -0.369 e. The predicted octanol–water partition coefficient (Wildman–Crippen LogP) is 5.04. The number of rotatable bonds is 5. The Kier molecular flexibility index (Phi) is 7.84. The topological polar surface area (TPSA) is 60.9 Å². The highest BCUT2D eigenvalue weighted by molar-refractivity contribution is 7.88. The summed E-state index contributed by atoms with van der Waals surface area (Å²) in [5, 5.41) is 9.66. The third kappa shape index (κ3) is 6.13. The van der Waals surface area contributed by atoms with Gasteiger partial charge >= 0.3 is 12.4 Å². The summed E-state index contributed by atoms with van der Waals surface area (Å²) in [7, 11) is -3.25. The first kappa shape index (κ1) is 29.4. The predicted molar refractivity (Wildman–Crippen MR) is 128 cm³/mol. The van der Waals surface area contributed by atoms with Crippen molar-refractivity contribution in [3.63, 3.8) is 0 Å². The molecule has 0 radical (unpaired) electrons. The number of piperazine rings is 1. The lowest BCUT2D eigenvalue weighted by Crippen LogP contribution is -2.53. The number of aliphatic hydroxyl groups is 1. The first-order chi connectivity index (χ1) is 16.7. The Morgan fingerprint density at radius 3 is 1.78 bits per heavy atom. The molecular weight excluding hydrogens is 522 g/mol. The lowest BCUT2D eigenvalue weighted by Gasteiger charge is -2.33. The van der Waals surface area contributed by atoms with Crippen LogP contribution in [0.15, 0.2) is 42.5 Å². The number of nitrogens with zero attached hydrogens (tertiary/aromatic N) is 2. The number of alkyl halides is 6. The molecular formula is C25H30F6N2O3S. The third-order valence-electron chi connectivity index (χ3n) is 6.53. The van der Waals surface area contributed by atoms with Crippen LogP contribution in [0.5, 0.6) is 0 Å². The van der Waals surface area contributed by atoms with E-state index in [1.54, 1.807) is 6.07 Å². The van der Waals surface area contributed by atoms with Gasteiger partial charge in [0.05, 0.1) is 6.26 Å². The third-order valence-corrected chi connectivity index (χ3v) is 7.84. The average molecular weight is 553 g/mol. The maximum Gasteiger partial charge on any atom is 0.430 e. The normalized spacial score (nSPS) is 17.3. The molecule has 206 valence electrons. The van der Waals surface area contributed by atoms with E-state index in [1.165, 1.54) is 10.6 Å². The van der Waals surface area contributed by atoms with E-state index in [-0.39, 0.29) is 0 Å². The van der Waals surface area contributed by atoms with E-state index in [0.29, 0.717) is 56.0 Å². The summed E-state index contributed by atoms with van der Waals surface area (Å²) in [5.41, 5.74) is -3.84. The fourth-order valence-corrected chi connectivity index (χ4v) is 5.25. The molecule has 0 saturated carbocycles. The van der Waals surface area contributed by atoms with Gasteiger partial charge in [0, 0.05) is 38.3 Å². The number of benzene rings is 2. The summed E-state index contributed by atoms with van der Waals surface area (Å²) in [6, 6.07) is 9.16. The minimum absolute atomic E-state index is 0.387. The molecule has 1 aliphatic rings. The Balaban J connectivity index is 1.91. The molecule has 2 aromatic carbocycles. The first-order valence-electron chi connectivity index (χ1n) is 11.5. The smallest absolute Gasteiger partial charge is 0.369 e. The zero-order valence-electron chi connectivity index (χ0n) is 20.9. The second-order valence-electron chi connectivity index (χ2n) is 10.4. The Labute approximate surface area is 212 Å². The molecule has 0 unspecified atom stereocenters. The largest absolute Gasteiger partial charge is 0.430 e. The number of hydrogen-bond acceptors (Lipinski definition) is 4. The monoisotopic (exact) mass is 552 g/mol. The summed E-state index contributed by atoms with van der Waals surface area (Å²) < 4.78 is 104. The molecule has 1 N–H and O–H groups in total. The quantitative estimate of drug-likeness (QED) is 0.528. The van der Waals surface area contributed by atoms with Crippen molar-refractivity contribution >= 4 is 10.0 Å². The number of sulfonamides is 1. The van der Waals surface area contributed by atoms with Crippen molar-refractivity contribution in [1.82, 2.24) is 9.21 Å². The molecule has 12 heteroatoms. The van der Waals surface area contributed by atoms with Gasteiger partial charge in [-0.3, -0.25) is 4.90 Å². The minimum atomic E-state index is -5.95. The van der Waals surface area contributed by atoms with E-state index in [9.17, 15) is 39.9 Å². The van der Waals surface area contributed by atoms with Crippen LogP contribution in [0, 0.1) is 0 Å².